The van der Waals surface area contributed by atoms with E-state index in [1.165, 1.54) is 17.8 Å². The smallest absolute Gasteiger partial charge is 0.147 e. The highest BCUT2D eigenvalue weighted by molar-refractivity contribution is 8.06. The Kier molecular flexibility index (Phi) is 6.50. The Bertz CT molecular complexity index is 289. The highest BCUT2D eigenvalue weighted by Crippen LogP contribution is 2.27. The molecule has 0 radical (unpaired) electrons. The summed E-state index contributed by atoms with van der Waals surface area (Å²) in [4.78, 5) is 0. The first-order valence-corrected chi connectivity index (χ1v) is 9.62. The van der Waals surface area contributed by atoms with Gasteiger partial charge in [-0.2, -0.15) is 23.5 Å². The van der Waals surface area contributed by atoms with Gasteiger partial charge in [-0.05, 0) is 12.8 Å². The molecule has 7 heteroatoms. The van der Waals surface area contributed by atoms with Gasteiger partial charge >= 0.3 is 0 Å². The van der Waals surface area contributed by atoms with Crippen molar-refractivity contribution in [3.8, 4) is 0 Å². The van der Waals surface area contributed by atoms with E-state index in [1.54, 1.807) is 0 Å². The van der Waals surface area contributed by atoms with Gasteiger partial charge in [0.15, 0.2) is 0 Å². The normalized spacial score (nSPS) is 24.2. The van der Waals surface area contributed by atoms with Gasteiger partial charge in [0, 0.05) is 40.6 Å². The van der Waals surface area contributed by atoms with E-state index in [1.807, 2.05) is 23.5 Å². The Labute approximate surface area is 106 Å². The minimum atomic E-state index is -2.84. The fraction of sp³-hybridized carbons (Fsp3) is 1.00. The van der Waals surface area contributed by atoms with E-state index in [2.05, 4.69) is 5.43 Å². The molecule has 1 saturated heterocycles. The van der Waals surface area contributed by atoms with Crippen LogP contribution in [0.1, 0.15) is 12.8 Å². The maximum absolute atomic E-state index is 11.0. The van der Waals surface area contributed by atoms with E-state index in [0.29, 0.717) is 11.7 Å². The lowest BCUT2D eigenvalue weighted by Gasteiger charge is -2.28. The molecule has 3 N–H and O–H groups in total. The molecule has 0 aromatic rings. The number of hydrogen-bond acceptors (Lipinski definition) is 6. The van der Waals surface area contributed by atoms with Crippen LogP contribution in [0.4, 0.5) is 0 Å². The van der Waals surface area contributed by atoms with E-state index < -0.39 is 9.84 Å². The molecule has 0 aromatic heterocycles. The molecule has 0 bridgehead atoms. The average Bonchev–Trinajstić information content (AvgIpc) is 2.24. The largest absolute Gasteiger partial charge is 0.271 e. The standard InChI is InChI=1S/C9H20N2O2S3/c1-16(12,13)6-2-3-8(11-10)9-7-14-4-5-15-9/h8-9,11H,2-7,10H2,1H3. The molecule has 2 atom stereocenters. The summed E-state index contributed by atoms with van der Waals surface area (Å²) in [6.07, 6.45) is 2.81. The van der Waals surface area contributed by atoms with E-state index in [4.69, 9.17) is 5.84 Å². The summed E-state index contributed by atoms with van der Waals surface area (Å²) in [5.41, 5.74) is 2.83. The molecule has 1 fully saturated rings. The molecule has 1 aliphatic heterocycles. The number of hydrazine groups is 1. The number of nitrogens with two attached hydrogens (primary N) is 1. The summed E-state index contributed by atoms with van der Waals surface area (Å²) in [6.45, 7) is 0. The monoisotopic (exact) mass is 284 g/mol. The number of nitrogens with one attached hydrogen (secondary N) is 1. The molecule has 4 nitrogen and oxygen atoms in total. The third kappa shape index (κ3) is 5.77. The van der Waals surface area contributed by atoms with E-state index in [9.17, 15) is 8.42 Å². The van der Waals surface area contributed by atoms with Gasteiger partial charge in [0.1, 0.15) is 9.84 Å². The van der Waals surface area contributed by atoms with Crippen molar-refractivity contribution < 1.29 is 8.42 Å². The van der Waals surface area contributed by atoms with Crippen molar-refractivity contribution >= 4 is 33.4 Å². The van der Waals surface area contributed by atoms with Crippen LogP contribution in [0, 0.1) is 0 Å². The molecule has 1 rings (SSSR count). The highest BCUT2D eigenvalue weighted by Gasteiger charge is 2.23. The number of sulfone groups is 1. The molecule has 16 heavy (non-hydrogen) atoms. The highest BCUT2D eigenvalue weighted by atomic mass is 32.2. The van der Waals surface area contributed by atoms with Gasteiger partial charge in [-0.1, -0.05) is 0 Å². The van der Waals surface area contributed by atoms with Crippen molar-refractivity contribution in [2.45, 2.75) is 24.1 Å². The molecule has 2 unspecified atom stereocenters. The van der Waals surface area contributed by atoms with Crippen LogP contribution >= 0.6 is 23.5 Å². The van der Waals surface area contributed by atoms with Gasteiger partial charge in [-0.15, -0.1) is 0 Å². The molecule has 0 spiro atoms. The first-order valence-electron chi connectivity index (χ1n) is 5.36. The topological polar surface area (TPSA) is 72.2 Å². The Morgan fingerprint density at radius 1 is 1.50 bits per heavy atom. The Balaban J connectivity index is 2.30. The van der Waals surface area contributed by atoms with Gasteiger partial charge in [0.25, 0.3) is 0 Å². The molecule has 0 aliphatic carbocycles. The second-order valence-electron chi connectivity index (χ2n) is 4.03. The molecule has 1 heterocycles. The second-order valence-corrected chi connectivity index (χ2v) is 8.79. The van der Waals surface area contributed by atoms with Crippen LogP contribution in [-0.4, -0.2) is 49.0 Å². The predicted molar refractivity (Wildman–Crippen MR) is 73.6 cm³/mol. The van der Waals surface area contributed by atoms with Crippen molar-refractivity contribution in [2.24, 2.45) is 5.84 Å². The van der Waals surface area contributed by atoms with E-state index in [-0.39, 0.29) is 11.8 Å². The molecule has 0 amide bonds. The second kappa shape index (κ2) is 7.10. The number of thioether (sulfide) groups is 2. The summed E-state index contributed by atoms with van der Waals surface area (Å²) in [5, 5.41) is 0.517. The van der Waals surface area contributed by atoms with Crippen molar-refractivity contribution in [1.82, 2.24) is 5.43 Å². The van der Waals surface area contributed by atoms with Crippen LogP contribution in [0.2, 0.25) is 0 Å². The summed E-state index contributed by atoms with van der Waals surface area (Å²) in [6, 6.07) is 0.236. The third-order valence-electron chi connectivity index (χ3n) is 2.53. The first-order chi connectivity index (χ1) is 7.53. The van der Waals surface area contributed by atoms with Crippen LogP contribution in [0.5, 0.6) is 0 Å². The summed E-state index contributed by atoms with van der Waals surface area (Å²) < 4.78 is 22.0. The zero-order valence-electron chi connectivity index (χ0n) is 9.52. The van der Waals surface area contributed by atoms with Gasteiger partial charge in [0.2, 0.25) is 0 Å². The first kappa shape index (κ1) is 14.6. The Hall–Kier alpha value is 0.570. The summed E-state index contributed by atoms with van der Waals surface area (Å²) in [7, 11) is -2.84. The van der Waals surface area contributed by atoms with Gasteiger partial charge in [0.05, 0.1) is 0 Å². The lowest BCUT2D eigenvalue weighted by molar-refractivity contribution is 0.486. The molecule has 0 aromatic carbocycles. The fourth-order valence-corrected chi connectivity index (χ4v) is 5.28. The van der Waals surface area contributed by atoms with Gasteiger partial charge in [-0.3, -0.25) is 11.3 Å². The van der Waals surface area contributed by atoms with Crippen LogP contribution in [0.25, 0.3) is 0 Å². The molecular weight excluding hydrogens is 264 g/mol. The molecule has 1 aliphatic rings. The van der Waals surface area contributed by atoms with Crippen LogP contribution in [0.15, 0.2) is 0 Å². The van der Waals surface area contributed by atoms with Crippen molar-refractivity contribution in [2.75, 3.05) is 29.3 Å². The average molecular weight is 284 g/mol. The summed E-state index contributed by atoms with van der Waals surface area (Å²) in [5.74, 6) is 9.28. The van der Waals surface area contributed by atoms with Crippen molar-refractivity contribution in [3.05, 3.63) is 0 Å². The SMILES string of the molecule is CS(=O)(=O)CCCC(NN)C1CSCCS1. The quantitative estimate of drug-likeness (QED) is 0.546. The van der Waals surface area contributed by atoms with Crippen molar-refractivity contribution in [3.63, 3.8) is 0 Å². The minimum Gasteiger partial charge on any atom is -0.271 e. The lowest BCUT2D eigenvalue weighted by Crippen LogP contribution is -2.45. The Morgan fingerprint density at radius 3 is 2.75 bits per heavy atom. The van der Waals surface area contributed by atoms with Crippen LogP contribution < -0.4 is 11.3 Å². The number of rotatable bonds is 6. The Morgan fingerprint density at radius 2 is 2.25 bits per heavy atom. The molecule has 96 valence electrons. The fourth-order valence-electron chi connectivity index (χ4n) is 1.68. The minimum absolute atomic E-state index is 0.236. The molecular formula is C9H20N2O2S3. The zero-order valence-corrected chi connectivity index (χ0v) is 12.0. The van der Waals surface area contributed by atoms with Gasteiger partial charge in [-0.25, -0.2) is 8.42 Å². The lowest BCUT2D eigenvalue weighted by atomic mass is 10.1. The van der Waals surface area contributed by atoms with Gasteiger partial charge < -0.3 is 0 Å². The van der Waals surface area contributed by atoms with Crippen LogP contribution in [-0.2, 0) is 9.84 Å². The predicted octanol–water partition coefficient (Wildman–Crippen LogP) is 0.492. The summed E-state index contributed by atoms with van der Waals surface area (Å²) >= 11 is 3.89. The van der Waals surface area contributed by atoms with E-state index in [0.717, 1.165) is 12.2 Å². The molecule has 0 saturated carbocycles. The third-order valence-corrected chi connectivity index (χ3v) is 6.49. The number of hydrogen-bond donors (Lipinski definition) is 2. The maximum Gasteiger partial charge on any atom is 0.147 e. The maximum atomic E-state index is 11.0. The van der Waals surface area contributed by atoms with Crippen LogP contribution in [0.3, 0.4) is 0 Å². The zero-order chi connectivity index (χ0) is 12.0. The van der Waals surface area contributed by atoms with Crippen molar-refractivity contribution in [1.29, 1.82) is 0 Å². The van der Waals surface area contributed by atoms with E-state index >= 15 is 0 Å².